The molecular weight excluding hydrogens is 362 g/mol. The summed E-state index contributed by atoms with van der Waals surface area (Å²) >= 11 is 0. The fourth-order valence-electron chi connectivity index (χ4n) is 3.72. The second-order valence-corrected chi connectivity index (χ2v) is 6.68. The van der Waals surface area contributed by atoms with Crippen LogP contribution in [0.2, 0.25) is 0 Å². The van der Waals surface area contributed by atoms with E-state index >= 15 is 0 Å². The number of ether oxygens (including phenoxy) is 3. The average molecular weight is 392 g/mol. The van der Waals surface area contributed by atoms with Gasteiger partial charge in [-0.25, -0.2) is 0 Å². The minimum Gasteiger partial charge on any atom is -0.496 e. The van der Waals surface area contributed by atoms with Crippen LogP contribution in [0.4, 0.5) is 0 Å². The Bertz CT molecular complexity index is 792. The summed E-state index contributed by atoms with van der Waals surface area (Å²) in [7, 11) is 1.72. The Labute approximate surface area is 168 Å². The molecule has 27 heavy (non-hydrogen) atoms. The highest BCUT2D eigenvalue weighted by atomic mass is 35.5. The number of fused-ring (bicyclic) bond motifs is 1. The van der Waals surface area contributed by atoms with E-state index in [9.17, 15) is 0 Å². The standard InChI is InChI=1S/C22H29NO3.ClH/c1-6-25-20-12-16-8-9-23-22(18(16)13-21(20)26-7-2)17-10-15(4)19(24-5)11-14(17)3;/h10-13,22-23H,6-9H2,1-5H3;1H. The van der Waals surface area contributed by atoms with Gasteiger partial charge in [-0.2, -0.15) is 0 Å². The third-order valence-electron chi connectivity index (χ3n) is 4.95. The van der Waals surface area contributed by atoms with Crippen molar-refractivity contribution in [1.82, 2.24) is 5.32 Å². The molecule has 0 saturated heterocycles. The van der Waals surface area contributed by atoms with Gasteiger partial charge in [-0.3, -0.25) is 0 Å². The van der Waals surface area contributed by atoms with Crippen LogP contribution in [0.15, 0.2) is 24.3 Å². The van der Waals surface area contributed by atoms with Crippen LogP contribution in [0, 0.1) is 13.8 Å². The van der Waals surface area contributed by atoms with Crippen LogP contribution in [0.25, 0.3) is 0 Å². The monoisotopic (exact) mass is 391 g/mol. The van der Waals surface area contributed by atoms with E-state index in [1.54, 1.807) is 7.11 Å². The van der Waals surface area contributed by atoms with E-state index in [4.69, 9.17) is 14.2 Å². The van der Waals surface area contributed by atoms with Gasteiger partial charge in [0.25, 0.3) is 0 Å². The Hall–Kier alpha value is -1.91. The summed E-state index contributed by atoms with van der Waals surface area (Å²) in [6.45, 7) is 10.4. The lowest BCUT2D eigenvalue weighted by Crippen LogP contribution is -2.31. The van der Waals surface area contributed by atoms with E-state index in [0.29, 0.717) is 13.2 Å². The first-order valence-electron chi connectivity index (χ1n) is 9.39. The van der Waals surface area contributed by atoms with Crippen LogP contribution in [-0.4, -0.2) is 26.9 Å². The van der Waals surface area contributed by atoms with Gasteiger partial charge in [0.15, 0.2) is 11.5 Å². The molecule has 2 aromatic carbocycles. The van der Waals surface area contributed by atoms with Gasteiger partial charge in [-0.05, 0) is 80.1 Å². The second-order valence-electron chi connectivity index (χ2n) is 6.68. The third-order valence-corrected chi connectivity index (χ3v) is 4.95. The summed E-state index contributed by atoms with van der Waals surface area (Å²) in [5.41, 5.74) is 6.27. The molecule has 1 N–H and O–H groups in total. The molecular formula is C22H30ClNO3. The molecule has 0 radical (unpaired) electrons. The van der Waals surface area contributed by atoms with E-state index in [1.807, 2.05) is 13.8 Å². The van der Waals surface area contributed by atoms with Crippen molar-refractivity contribution in [2.24, 2.45) is 0 Å². The van der Waals surface area contributed by atoms with E-state index in [1.165, 1.54) is 22.3 Å². The maximum atomic E-state index is 5.86. The Kier molecular flexibility index (Phi) is 7.40. The van der Waals surface area contributed by atoms with Gasteiger partial charge in [0.05, 0.1) is 26.4 Å². The van der Waals surface area contributed by atoms with E-state index < -0.39 is 0 Å². The summed E-state index contributed by atoms with van der Waals surface area (Å²) in [6.07, 6.45) is 0.993. The van der Waals surface area contributed by atoms with Gasteiger partial charge in [0, 0.05) is 6.54 Å². The number of aryl methyl sites for hydroxylation is 2. The molecule has 0 fully saturated rings. The van der Waals surface area contributed by atoms with Gasteiger partial charge in [-0.1, -0.05) is 6.07 Å². The van der Waals surface area contributed by atoms with Crippen molar-refractivity contribution >= 4 is 12.4 Å². The molecule has 2 aromatic rings. The van der Waals surface area contributed by atoms with Crippen molar-refractivity contribution < 1.29 is 14.2 Å². The van der Waals surface area contributed by atoms with Crippen molar-refractivity contribution in [1.29, 1.82) is 0 Å². The lowest BCUT2D eigenvalue weighted by molar-refractivity contribution is 0.286. The summed E-state index contributed by atoms with van der Waals surface area (Å²) in [6, 6.07) is 8.82. The van der Waals surface area contributed by atoms with Crippen LogP contribution in [0.1, 0.15) is 47.7 Å². The molecule has 1 aliphatic heterocycles. The highest BCUT2D eigenvalue weighted by Crippen LogP contribution is 2.39. The molecule has 1 unspecified atom stereocenters. The fourth-order valence-corrected chi connectivity index (χ4v) is 3.72. The summed E-state index contributed by atoms with van der Waals surface area (Å²) < 4.78 is 17.1. The molecule has 1 heterocycles. The Balaban J connectivity index is 0.00000261. The zero-order valence-electron chi connectivity index (χ0n) is 16.8. The number of rotatable bonds is 6. The summed E-state index contributed by atoms with van der Waals surface area (Å²) in [5.74, 6) is 2.60. The fraction of sp³-hybridized carbons (Fsp3) is 0.455. The lowest BCUT2D eigenvalue weighted by Gasteiger charge is -2.30. The molecule has 0 aliphatic carbocycles. The number of halogens is 1. The largest absolute Gasteiger partial charge is 0.496 e. The van der Waals surface area contributed by atoms with Gasteiger partial charge in [0.2, 0.25) is 0 Å². The van der Waals surface area contributed by atoms with Crippen molar-refractivity contribution in [3.05, 3.63) is 52.1 Å². The Morgan fingerprint density at radius 1 is 0.889 bits per heavy atom. The van der Waals surface area contributed by atoms with Crippen molar-refractivity contribution in [2.75, 3.05) is 26.9 Å². The number of nitrogens with one attached hydrogen (secondary N) is 1. The zero-order valence-corrected chi connectivity index (χ0v) is 17.7. The number of hydrogen-bond acceptors (Lipinski definition) is 4. The molecule has 3 rings (SSSR count). The van der Waals surface area contributed by atoms with Crippen molar-refractivity contribution in [2.45, 2.75) is 40.2 Å². The van der Waals surface area contributed by atoms with Gasteiger partial charge in [-0.15, -0.1) is 12.4 Å². The summed E-state index contributed by atoms with van der Waals surface area (Å²) in [4.78, 5) is 0. The molecule has 148 valence electrons. The number of benzene rings is 2. The predicted octanol–water partition coefficient (Wildman–Crippen LogP) is 4.77. The quantitative estimate of drug-likeness (QED) is 0.770. The molecule has 0 bridgehead atoms. The second kappa shape index (κ2) is 9.34. The van der Waals surface area contributed by atoms with Crippen molar-refractivity contribution in [3.8, 4) is 17.2 Å². The van der Waals surface area contributed by atoms with Gasteiger partial charge < -0.3 is 19.5 Å². The first-order chi connectivity index (χ1) is 12.6. The predicted molar refractivity (Wildman–Crippen MR) is 112 cm³/mol. The molecule has 1 aliphatic rings. The summed E-state index contributed by atoms with van der Waals surface area (Å²) in [5, 5.41) is 3.68. The Morgan fingerprint density at radius 2 is 1.56 bits per heavy atom. The molecule has 1 atom stereocenters. The van der Waals surface area contributed by atoms with Crippen LogP contribution < -0.4 is 19.5 Å². The minimum atomic E-state index is 0. The normalized spacial score (nSPS) is 15.5. The van der Waals surface area contributed by atoms with Gasteiger partial charge in [0.1, 0.15) is 5.75 Å². The third kappa shape index (κ3) is 4.33. The van der Waals surface area contributed by atoms with Crippen LogP contribution in [0.5, 0.6) is 17.2 Å². The number of hydrogen-bond donors (Lipinski definition) is 1. The molecule has 0 saturated carbocycles. The molecule has 0 aromatic heterocycles. The van der Waals surface area contributed by atoms with Crippen molar-refractivity contribution in [3.63, 3.8) is 0 Å². The highest BCUT2D eigenvalue weighted by Gasteiger charge is 2.25. The Morgan fingerprint density at radius 3 is 2.19 bits per heavy atom. The topological polar surface area (TPSA) is 39.7 Å². The van der Waals surface area contributed by atoms with E-state index in [-0.39, 0.29) is 18.4 Å². The zero-order chi connectivity index (χ0) is 18.7. The van der Waals surface area contributed by atoms with Crippen LogP contribution in [0.3, 0.4) is 0 Å². The molecule has 0 spiro atoms. The minimum absolute atomic E-state index is 0. The maximum Gasteiger partial charge on any atom is 0.161 e. The molecule has 4 nitrogen and oxygen atoms in total. The van der Waals surface area contributed by atoms with Crippen LogP contribution >= 0.6 is 12.4 Å². The van der Waals surface area contributed by atoms with Crippen LogP contribution in [-0.2, 0) is 6.42 Å². The van der Waals surface area contributed by atoms with E-state index in [0.717, 1.165) is 35.8 Å². The SMILES string of the molecule is CCOc1cc2c(cc1OCC)C(c1cc(C)c(OC)cc1C)NCC2.Cl. The first-order valence-corrected chi connectivity index (χ1v) is 9.39. The highest BCUT2D eigenvalue weighted by molar-refractivity contribution is 5.85. The smallest absolute Gasteiger partial charge is 0.161 e. The first kappa shape index (κ1) is 21.4. The molecule has 0 amide bonds. The lowest BCUT2D eigenvalue weighted by atomic mass is 9.86. The van der Waals surface area contributed by atoms with E-state index in [2.05, 4.69) is 43.4 Å². The average Bonchev–Trinajstić information content (AvgIpc) is 2.64. The molecule has 5 heteroatoms. The number of methoxy groups -OCH3 is 1. The van der Waals surface area contributed by atoms with Gasteiger partial charge >= 0.3 is 0 Å². The maximum absolute atomic E-state index is 5.86.